The summed E-state index contributed by atoms with van der Waals surface area (Å²) in [6.07, 6.45) is 8.08. The maximum Gasteiger partial charge on any atom is 0.253 e. The topological polar surface area (TPSA) is 72.4 Å². The average molecular weight is 494 g/mol. The summed E-state index contributed by atoms with van der Waals surface area (Å²) in [5.74, 6) is 0.556. The van der Waals surface area contributed by atoms with E-state index in [9.17, 15) is 9.59 Å². The molecule has 0 unspecified atom stereocenters. The molecule has 2 aliphatic rings. The van der Waals surface area contributed by atoms with E-state index in [4.69, 9.17) is 4.74 Å². The molecular weight excluding hydrogens is 450 g/mol. The van der Waals surface area contributed by atoms with Crippen molar-refractivity contribution < 1.29 is 14.3 Å². The molecule has 1 aliphatic heterocycles. The molecule has 4 rings (SSSR count). The highest BCUT2D eigenvalue weighted by atomic mass is 16.5. The second-order valence-electron chi connectivity index (χ2n) is 11.6. The molecule has 0 atom stereocenters. The van der Waals surface area contributed by atoms with Gasteiger partial charge in [0.1, 0.15) is 0 Å². The van der Waals surface area contributed by atoms with Crippen LogP contribution in [0.2, 0.25) is 0 Å². The summed E-state index contributed by atoms with van der Waals surface area (Å²) in [5.41, 5.74) is 5.40. The van der Waals surface area contributed by atoms with Crippen LogP contribution in [0.4, 0.5) is 0 Å². The molecule has 36 heavy (non-hydrogen) atoms. The Balaban J connectivity index is 1.75. The maximum atomic E-state index is 13.4. The Morgan fingerprint density at radius 2 is 1.67 bits per heavy atom. The SMILES string of the molecule is CNC(=O)c1ccc(-c2cc(C(=O)NC3CCOCC3)c(C)n2CC2CCCCC2)cc1C(C)(C)C. The number of carbonyl (C=O) groups excluding carboxylic acids is 2. The number of nitrogens with zero attached hydrogens (tertiary/aromatic N) is 1. The quantitative estimate of drug-likeness (QED) is 0.549. The molecule has 1 aliphatic carbocycles. The van der Waals surface area contributed by atoms with Gasteiger partial charge in [0.15, 0.2) is 0 Å². The van der Waals surface area contributed by atoms with Gasteiger partial charge in [0.2, 0.25) is 0 Å². The van der Waals surface area contributed by atoms with Gasteiger partial charge in [-0.1, -0.05) is 46.1 Å². The van der Waals surface area contributed by atoms with Crippen molar-refractivity contribution in [1.29, 1.82) is 0 Å². The van der Waals surface area contributed by atoms with Gasteiger partial charge in [0.25, 0.3) is 11.8 Å². The second-order valence-corrected chi connectivity index (χ2v) is 11.6. The first-order chi connectivity index (χ1) is 17.2. The Bertz CT molecular complexity index is 1080. The van der Waals surface area contributed by atoms with Gasteiger partial charge in [-0.2, -0.15) is 0 Å². The predicted molar refractivity (Wildman–Crippen MR) is 145 cm³/mol. The van der Waals surface area contributed by atoms with Crippen molar-refractivity contribution >= 4 is 11.8 Å². The third-order valence-electron chi connectivity index (χ3n) is 7.93. The van der Waals surface area contributed by atoms with Crippen LogP contribution in [0.1, 0.15) is 97.7 Å². The van der Waals surface area contributed by atoms with Crippen LogP contribution in [0.15, 0.2) is 24.3 Å². The molecule has 6 nitrogen and oxygen atoms in total. The molecule has 6 heteroatoms. The minimum atomic E-state index is -0.197. The third-order valence-corrected chi connectivity index (χ3v) is 7.93. The fourth-order valence-corrected chi connectivity index (χ4v) is 5.74. The molecular formula is C30H43N3O3. The Kier molecular flexibility index (Phi) is 8.23. The van der Waals surface area contributed by atoms with Crippen LogP contribution in [0.3, 0.4) is 0 Å². The molecule has 2 amide bonds. The zero-order valence-electron chi connectivity index (χ0n) is 22.7. The zero-order valence-corrected chi connectivity index (χ0v) is 22.7. The molecule has 0 radical (unpaired) electrons. The van der Waals surface area contributed by atoms with Gasteiger partial charge in [-0.05, 0) is 73.3 Å². The normalized spacial score (nSPS) is 17.7. The Morgan fingerprint density at radius 3 is 2.31 bits per heavy atom. The van der Waals surface area contributed by atoms with E-state index in [1.165, 1.54) is 32.1 Å². The summed E-state index contributed by atoms with van der Waals surface area (Å²) < 4.78 is 7.82. The van der Waals surface area contributed by atoms with E-state index in [2.05, 4.69) is 55.0 Å². The first-order valence-corrected chi connectivity index (χ1v) is 13.6. The van der Waals surface area contributed by atoms with Gasteiger partial charge >= 0.3 is 0 Å². The highest BCUT2D eigenvalue weighted by Crippen LogP contribution is 2.35. The number of hydrogen-bond acceptors (Lipinski definition) is 3. The Labute approximate surface area is 216 Å². The van der Waals surface area contributed by atoms with Crippen LogP contribution in [-0.4, -0.2) is 42.7 Å². The van der Waals surface area contributed by atoms with Crippen LogP contribution in [0, 0.1) is 12.8 Å². The van der Waals surface area contributed by atoms with Crippen molar-refractivity contribution in [2.75, 3.05) is 20.3 Å². The van der Waals surface area contributed by atoms with Crippen LogP contribution < -0.4 is 10.6 Å². The monoisotopic (exact) mass is 493 g/mol. The average Bonchev–Trinajstić information content (AvgIpc) is 3.20. The van der Waals surface area contributed by atoms with Gasteiger partial charge < -0.3 is 19.9 Å². The molecule has 1 saturated carbocycles. The molecule has 1 aromatic heterocycles. The molecule has 2 heterocycles. The lowest BCUT2D eigenvalue weighted by molar-refractivity contribution is 0.0696. The number of nitrogens with one attached hydrogen (secondary N) is 2. The van der Waals surface area contributed by atoms with E-state index in [1.54, 1.807) is 7.05 Å². The van der Waals surface area contributed by atoms with Crippen LogP contribution in [0.25, 0.3) is 11.3 Å². The molecule has 1 aromatic carbocycles. The summed E-state index contributed by atoms with van der Waals surface area (Å²) in [4.78, 5) is 26.0. The lowest BCUT2D eigenvalue weighted by Crippen LogP contribution is -2.39. The number of ether oxygens (including phenoxy) is 1. The van der Waals surface area contributed by atoms with E-state index >= 15 is 0 Å². The molecule has 2 N–H and O–H groups in total. The van der Waals surface area contributed by atoms with Gasteiger partial charge in [0.05, 0.1) is 5.56 Å². The number of hydrogen-bond donors (Lipinski definition) is 2. The lowest BCUT2D eigenvalue weighted by Gasteiger charge is -2.26. The zero-order chi connectivity index (χ0) is 25.9. The predicted octanol–water partition coefficient (Wildman–Crippen LogP) is 5.61. The van der Waals surface area contributed by atoms with Crippen LogP contribution >= 0.6 is 0 Å². The molecule has 1 saturated heterocycles. The number of aromatic nitrogens is 1. The van der Waals surface area contributed by atoms with Crippen molar-refractivity contribution in [3.8, 4) is 11.3 Å². The van der Waals surface area contributed by atoms with E-state index in [-0.39, 0.29) is 23.3 Å². The van der Waals surface area contributed by atoms with Crippen molar-refractivity contribution in [3.63, 3.8) is 0 Å². The standard InChI is InChI=1S/C30H43N3O3/c1-20-25(29(35)32-23-13-15-36-16-14-23)18-27(33(20)19-21-9-7-6-8-10-21)22-11-12-24(28(34)31-5)26(17-22)30(2,3)4/h11-12,17-18,21,23H,6-10,13-16,19H2,1-5H3,(H,31,34)(H,32,35). The first-order valence-electron chi connectivity index (χ1n) is 13.6. The Hall–Kier alpha value is -2.60. The minimum absolute atomic E-state index is 0.000991. The van der Waals surface area contributed by atoms with Gasteiger partial charge in [0, 0.05) is 49.8 Å². The van der Waals surface area contributed by atoms with E-state index in [0.717, 1.165) is 47.5 Å². The number of rotatable bonds is 6. The van der Waals surface area contributed by atoms with E-state index in [0.29, 0.717) is 24.7 Å². The fourth-order valence-electron chi connectivity index (χ4n) is 5.74. The minimum Gasteiger partial charge on any atom is -0.381 e. The Morgan fingerprint density at radius 1 is 0.972 bits per heavy atom. The van der Waals surface area contributed by atoms with Gasteiger partial charge in [-0.3, -0.25) is 9.59 Å². The second kappa shape index (κ2) is 11.2. The summed E-state index contributed by atoms with van der Waals surface area (Å²) in [6.45, 7) is 10.8. The largest absolute Gasteiger partial charge is 0.381 e. The van der Waals surface area contributed by atoms with Crippen molar-refractivity contribution in [2.24, 2.45) is 5.92 Å². The molecule has 0 spiro atoms. The highest BCUT2D eigenvalue weighted by molar-refractivity contribution is 5.98. The summed E-state index contributed by atoms with van der Waals surface area (Å²) >= 11 is 0. The van der Waals surface area contributed by atoms with Crippen molar-refractivity contribution in [2.45, 2.75) is 90.6 Å². The highest BCUT2D eigenvalue weighted by Gasteiger charge is 2.26. The van der Waals surface area contributed by atoms with Crippen LogP contribution in [0.5, 0.6) is 0 Å². The molecule has 2 fully saturated rings. The molecule has 0 bridgehead atoms. The van der Waals surface area contributed by atoms with Crippen molar-refractivity contribution in [3.05, 3.63) is 46.6 Å². The number of benzene rings is 1. The van der Waals surface area contributed by atoms with Crippen molar-refractivity contribution in [1.82, 2.24) is 15.2 Å². The van der Waals surface area contributed by atoms with E-state index in [1.807, 2.05) is 12.1 Å². The summed E-state index contributed by atoms with van der Waals surface area (Å²) in [6, 6.07) is 8.34. The fraction of sp³-hybridized carbons (Fsp3) is 0.600. The first kappa shape index (κ1) is 26.5. The molecule has 2 aromatic rings. The maximum absolute atomic E-state index is 13.4. The van der Waals surface area contributed by atoms with Crippen LogP contribution in [-0.2, 0) is 16.7 Å². The lowest BCUT2D eigenvalue weighted by atomic mass is 9.82. The smallest absolute Gasteiger partial charge is 0.253 e. The van der Waals surface area contributed by atoms with E-state index < -0.39 is 0 Å². The van der Waals surface area contributed by atoms with Gasteiger partial charge in [-0.25, -0.2) is 0 Å². The summed E-state index contributed by atoms with van der Waals surface area (Å²) in [5, 5.41) is 6.03. The number of amides is 2. The van der Waals surface area contributed by atoms with Gasteiger partial charge in [-0.15, -0.1) is 0 Å². The number of carbonyl (C=O) groups is 2. The summed E-state index contributed by atoms with van der Waals surface area (Å²) in [7, 11) is 1.67. The molecule has 196 valence electrons. The third kappa shape index (κ3) is 5.86.